The number of urea groups is 1. The SMILES string of the molecule is Cc1cccc(N2C(=O)NC(=O)C(CCN)C2=O)c1. The van der Waals surface area contributed by atoms with Gasteiger partial charge in [-0.05, 0) is 37.6 Å². The van der Waals surface area contributed by atoms with Crippen LogP contribution in [0.25, 0.3) is 0 Å². The van der Waals surface area contributed by atoms with Gasteiger partial charge in [-0.15, -0.1) is 0 Å². The van der Waals surface area contributed by atoms with Crippen molar-refractivity contribution in [2.75, 3.05) is 11.4 Å². The summed E-state index contributed by atoms with van der Waals surface area (Å²) in [4.78, 5) is 36.7. The lowest BCUT2D eigenvalue weighted by Crippen LogP contribution is -2.58. The third-order valence-electron chi connectivity index (χ3n) is 2.98. The zero-order valence-corrected chi connectivity index (χ0v) is 10.6. The van der Waals surface area contributed by atoms with Crippen molar-refractivity contribution in [2.24, 2.45) is 11.7 Å². The van der Waals surface area contributed by atoms with Crippen molar-refractivity contribution in [3.05, 3.63) is 29.8 Å². The molecule has 6 nitrogen and oxygen atoms in total. The van der Waals surface area contributed by atoms with Crippen molar-refractivity contribution in [1.29, 1.82) is 0 Å². The molecule has 1 aliphatic heterocycles. The number of nitrogens with zero attached hydrogens (tertiary/aromatic N) is 1. The van der Waals surface area contributed by atoms with Crippen LogP contribution in [0, 0.1) is 12.8 Å². The van der Waals surface area contributed by atoms with Gasteiger partial charge in [-0.3, -0.25) is 14.9 Å². The summed E-state index contributed by atoms with van der Waals surface area (Å²) in [6.07, 6.45) is 0.222. The van der Waals surface area contributed by atoms with Crippen LogP contribution in [0.4, 0.5) is 10.5 Å². The Morgan fingerprint density at radius 2 is 2.05 bits per heavy atom. The van der Waals surface area contributed by atoms with Gasteiger partial charge in [-0.1, -0.05) is 12.1 Å². The van der Waals surface area contributed by atoms with Crippen LogP contribution in [0.2, 0.25) is 0 Å². The van der Waals surface area contributed by atoms with E-state index in [4.69, 9.17) is 5.73 Å². The fourth-order valence-electron chi connectivity index (χ4n) is 2.05. The molecule has 0 bridgehead atoms. The number of nitrogens with two attached hydrogens (primary N) is 1. The normalized spacial score (nSPS) is 19.6. The van der Waals surface area contributed by atoms with Crippen molar-refractivity contribution in [2.45, 2.75) is 13.3 Å². The maximum atomic E-state index is 12.2. The van der Waals surface area contributed by atoms with E-state index < -0.39 is 23.8 Å². The monoisotopic (exact) mass is 261 g/mol. The smallest absolute Gasteiger partial charge is 0.330 e. The second-order valence-corrected chi connectivity index (χ2v) is 4.44. The lowest BCUT2D eigenvalue weighted by atomic mass is 10.0. The highest BCUT2D eigenvalue weighted by Crippen LogP contribution is 2.22. The number of hydrogen-bond donors (Lipinski definition) is 2. The topological polar surface area (TPSA) is 92.5 Å². The summed E-state index contributed by atoms with van der Waals surface area (Å²) in [6, 6.07) is 6.26. The summed E-state index contributed by atoms with van der Waals surface area (Å²) in [7, 11) is 0. The fraction of sp³-hybridized carbons (Fsp3) is 0.308. The molecule has 1 aromatic carbocycles. The molecule has 1 unspecified atom stereocenters. The number of benzene rings is 1. The van der Waals surface area contributed by atoms with Crippen molar-refractivity contribution < 1.29 is 14.4 Å². The van der Waals surface area contributed by atoms with Crippen LogP contribution in [-0.4, -0.2) is 24.4 Å². The summed E-state index contributed by atoms with van der Waals surface area (Å²) in [5, 5.41) is 2.18. The lowest BCUT2D eigenvalue weighted by Gasteiger charge is -2.30. The van der Waals surface area contributed by atoms with Crippen molar-refractivity contribution >= 4 is 23.5 Å². The van der Waals surface area contributed by atoms with Gasteiger partial charge in [0.05, 0.1) is 5.69 Å². The van der Waals surface area contributed by atoms with E-state index in [2.05, 4.69) is 5.32 Å². The molecule has 1 heterocycles. The Hall–Kier alpha value is -2.21. The lowest BCUT2D eigenvalue weighted by molar-refractivity contribution is -0.134. The molecule has 1 aliphatic rings. The Balaban J connectivity index is 2.36. The highest BCUT2D eigenvalue weighted by atomic mass is 16.2. The maximum Gasteiger partial charge on any atom is 0.335 e. The first-order valence-electron chi connectivity index (χ1n) is 6.00. The zero-order valence-electron chi connectivity index (χ0n) is 10.6. The molecule has 1 fully saturated rings. The highest BCUT2D eigenvalue weighted by Gasteiger charge is 2.40. The molecule has 0 radical (unpaired) electrons. The number of imide groups is 2. The number of nitrogens with one attached hydrogen (secondary N) is 1. The summed E-state index contributed by atoms with van der Waals surface area (Å²) in [5.74, 6) is -2.00. The van der Waals surface area contributed by atoms with E-state index in [-0.39, 0.29) is 13.0 Å². The molecule has 6 heteroatoms. The van der Waals surface area contributed by atoms with Crippen LogP contribution >= 0.6 is 0 Å². The molecule has 0 saturated carbocycles. The first-order valence-corrected chi connectivity index (χ1v) is 6.00. The van der Waals surface area contributed by atoms with E-state index in [1.54, 1.807) is 18.2 Å². The maximum absolute atomic E-state index is 12.2. The minimum Gasteiger partial charge on any atom is -0.330 e. The number of carbonyl (C=O) groups is 3. The van der Waals surface area contributed by atoms with Crippen molar-refractivity contribution in [3.8, 4) is 0 Å². The minimum absolute atomic E-state index is 0.208. The van der Waals surface area contributed by atoms with Gasteiger partial charge in [0.1, 0.15) is 5.92 Å². The van der Waals surface area contributed by atoms with Crippen LogP contribution in [0.3, 0.4) is 0 Å². The van der Waals surface area contributed by atoms with Crippen molar-refractivity contribution in [3.63, 3.8) is 0 Å². The Bertz CT molecular complexity index is 542. The number of rotatable bonds is 3. The van der Waals surface area contributed by atoms with Crippen LogP contribution in [0.1, 0.15) is 12.0 Å². The van der Waals surface area contributed by atoms with E-state index in [0.717, 1.165) is 10.5 Å². The molecule has 1 saturated heterocycles. The van der Waals surface area contributed by atoms with Crippen LogP contribution in [0.5, 0.6) is 0 Å². The summed E-state index contributed by atoms with van der Waals surface area (Å²) < 4.78 is 0. The Labute approximate surface area is 110 Å². The van der Waals surface area contributed by atoms with E-state index >= 15 is 0 Å². The van der Waals surface area contributed by atoms with Gasteiger partial charge >= 0.3 is 6.03 Å². The minimum atomic E-state index is -0.900. The molecule has 1 atom stereocenters. The molecule has 19 heavy (non-hydrogen) atoms. The number of aryl methyl sites for hydroxylation is 1. The predicted molar refractivity (Wildman–Crippen MR) is 69.4 cm³/mol. The van der Waals surface area contributed by atoms with Gasteiger partial charge in [-0.2, -0.15) is 0 Å². The largest absolute Gasteiger partial charge is 0.335 e. The fourth-order valence-corrected chi connectivity index (χ4v) is 2.05. The Morgan fingerprint density at radius 1 is 1.32 bits per heavy atom. The zero-order chi connectivity index (χ0) is 14.0. The summed E-state index contributed by atoms with van der Waals surface area (Å²) in [5.41, 5.74) is 6.77. The van der Waals surface area contributed by atoms with Crippen LogP contribution < -0.4 is 16.0 Å². The molecular weight excluding hydrogens is 246 g/mol. The number of anilines is 1. The van der Waals surface area contributed by atoms with Gasteiger partial charge < -0.3 is 5.73 Å². The van der Waals surface area contributed by atoms with Gasteiger partial charge in [0.2, 0.25) is 11.8 Å². The number of amides is 4. The number of hydrogen-bond acceptors (Lipinski definition) is 4. The van der Waals surface area contributed by atoms with Gasteiger partial charge in [0.15, 0.2) is 0 Å². The van der Waals surface area contributed by atoms with E-state index in [0.29, 0.717) is 5.69 Å². The second kappa shape index (κ2) is 5.19. The molecule has 2 rings (SSSR count). The molecule has 4 amide bonds. The van der Waals surface area contributed by atoms with Crippen LogP contribution in [-0.2, 0) is 9.59 Å². The average molecular weight is 261 g/mol. The van der Waals surface area contributed by atoms with Crippen molar-refractivity contribution in [1.82, 2.24) is 5.32 Å². The van der Waals surface area contributed by atoms with E-state index in [9.17, 15) is 14.4 Å². The second-order valence-electron chi connectivity index (χ2n) is 4.44. The van der Waals surface area contributed by atoms with Gasteiger partial charge in [0, 0.05) is 0 Å². The summed E-state index contributed by atoms with van der Waals surface area (Å²) in [6.45, 7) is 2.07. The third-order valence-corrected chi connectivity index (χ3v) is 2.98. The molecule has 0 aliphatic carbocycles. The molecule has 100 valence electrons. The average Bonchev–Trinajstić information content (AvgIpc) is 2.34. The van der Waals surface area contributed by atoms with E-state index in [1.165, 1.54) is 0 Å². The predicted octanol–water partition coefficient (Wildman–Crippen LogP) is 0.543. The number of carbonyl (C=O) groups excluding carboxylic acids is 3. The quantitative estimate of drug-likeness (QED) is 0.777. The molecule has 0 aromatic heterocycles. The van der Waals surface area contributed by atoms with E-state index in [1.807, 2.05) is 13.0 Å². The molecule has 1 aromatic rings. The highest BCUT2D eigenvalue weighted by molar-refractivity contribution is 6.27. The van der Waals surface area contributed by atoms with Gasteiger partial charge in [-0.25, -0.2) is 9.69 Å². The third kappa shape index (κ3) is 2.48. The Kier molecular flexibility index (Phi) is 3.62. The molecule has 0 spiro atoms. The first-order chi connectivity index (χ1) is 9.04. The molecular formula is C13H15N3O3. The van der Waals surface area contributed by atoms with Crippen LogP contribution in [0.15, 0.2) is 24.3 Å². The van der Waals surface area contributed by atoms with Gasteiger partial charge in [0.25, 0.3) is 0 Å². The Morgan fingerprint density at radius 3 is 2.68 bits per heavy atom. The standard InChI is InChI=1S/C13H15N3O3/c1-8-3-2-4-9(7-8)16-12(18)10(5-6-14)11(17)15-13(16)19/h2-4,7,10H,5-6,14H2,1H3,(H,15,17,19). The number of barbiturate groups is 1. The first kappa shape index (κ1) is 13.2. The summed E-state index contributed by atoms with van der Waals surface area (Å²) >= 11 is 0. The molecule has 3 N–H and O–H groups in total.